The summed E-state index contributed by atoms with van der Waals surface area (Å²) in [5, 5.41) is 2.93. The number of ether oxygens (including phenoxy) is 1. The van der Waals surface area contributed by atoms with Gasteiger partial charge in [-0.25, -0.2) is 13.6 Å². The van der Waals surface area contributed by atoms with E-state index in [1.54, 1.807) is 32.6 Å². The fourth-order valence-electron chi connectivity index (χ4n) is 6.15. The molecule has 0 unspecified atom stereocenters. The molecule has 0 bridgehead atoms. The number of allylic oxidation sites excluding steroid dienone is 1. The first-order valence-electron chi connectivity index (χ1n) is 16.4. The zero-order valence-corrected chi connectivity index (χ0v) is 28.2. The molecule has 1 N–H and O–H groups in total. The van der Waals surface area contributed by atoms with Gasteiger partial charge in [-0.3, -0.25) is 14.6 Å². The van der Waals surface area contributed by atoms with Gasteiger partial charge >= 0.3 is 6.09 Å². The van der Waals surface area contributed by atoms with Gasteiger partial charge in [0.2, 0.25) is 0 Å². The molecule has 1 fully saturated rings. The molecule has 1 atom stereocenters. The number of amides is 2. The maximum Gasteiger partial charge on any atom is 0.408 e. The third-order valence-electron chi connectivity index (χ3n) is 8.70. The number of halogens is 2. The standard InChI is InChI=1S/C38H45F2N5O3/c1-27-35(43-23-21-42(22-24-43)20-19-29-13-8-6-9-14-29)36(46)45(28(2)44(27)25-31-32(39)17-12-18-33(31)40)26-34(30-15-10-7-11-16-30)41-37(47)48-38(3,4)5/h6-18,34H,2,19-26H2,1,3-5H3,(H,41,47)/t34-/m0/s1. The Morgan fingerprint density at radius 3 is 2.10 bits per heavy atom. The molecule has 1 saturated heterocycles. The van der Waals surface area contributed by atoms with Gasteiger partial charge in [-0.2, -0.15) is 0 Å². The van der Waals surface area contributed by atoms with Crippen molar-refractivity contribution in [1.29, 1.82) is 0 Å². The van der Waals surface area contributed by atoms with E-state index in [0.29, 0.717) is 24.5 Å². The monoisotopic (exact) mass is 657 g/mol. The van der Waals surface area contributed by atoms with Crippen molar-refractivity contribution in [3.63, 3.8) is 0 Å². The number of benzene rings is 3. The number of rotatable bonds is 10. The molecule has 0 aliphatic carbocycles. The molecule has 0 spiro atoms. The fourth-order valence-corrected chi connectivity index (χ4v) is 6.15. The highest BCUT2D eigenvalue weighted by Crippen LogP contribution is 2.33. The molecule has 8 nitrogen and oxygen atoms in total. The first-order chi connectivity index (χ1) is 22.9. The molecule has 254 valence electrons. The number of hydrogen-bond acceptors (Lipinski definition) is 6. The molecule has 2 aliphatic heterocycles. The van der Waals surface area contributed by atoms with Crippen LogP contribution in [0.5, 0.6) is 0 Å². The molecule has 10 heteroatoms. The first kappa shape index (κ1) is 34.6. The fraction of sp³-hybridized carbons (Fsp3) is 0.368. The van der Waals surface area contributed by atoms with Crippen LogP contribution in [0.4, 0.5) is 13.6 Å². The van der Waals surface area contributed by atoms with Crippen molar-refractivity contribution in [2.45, 2.75) is 52.3 Å². The molecular formula is C38H45F2N5O3. The summed E-state index contributed by atoms with van der Waals surface area (Å²) in [6, 6.07) is 22.8. The van der Waals surface area contributed by atoms with Gasteiger partial charge in [-0.15, -0.1) is 0 Å². The Balaban J connectivity index is 1.43. The number of carbonyl (C=O) groups is 2. The van der Waals surface area contributed by atoms with Gasteiger partial charge in [0, 0.05) is 44.0 Å². The van der Waals surface area contributed by atoms with Crippen LogP contribution in [0.3, 0.4) is 0 Å². The first-order valence-corrected chi connectivity index (χ1v) is 16.4. The van der Waals surface area contributed by atoms with Crippen LogP contribution in [-0.2, 0) is 22.5 Å². The number of piperazine rings is 1. The lowest BCUT2D eigenvalue weighted by atomic mass is 10.0. The molecule has 0 aromatic heterocycles. The van der Waals surface area contributed by atoms with Crippen molar-refractivity contribution < 1.29 is 23.1 Å². The van der Waals surface area contributed by atoms with E-state index < -0.39 is 29.4 Å². The van der Waals surface area contributed by atoms with Crippen LogP contribution >= 0.6 is 0 Å². The van der Waals surface area contributed by atoms with E-state index in [9.17, 15) is 18.4 Å². The highest BCUT2D eigenvalue weighted by molar-refractivity contribution is 5.96. The number of carbonyl (C=O) groups excluding carboxylic acids is 2. The second-order valence-corrected chi connectivity index (χ2v) is 13.2. The molecule has 5 rings (SSSR count). The molecule has 2 aliphatic rings. The van der Waals surface area contributed by atoms with Crippen molar-refractivity contribution in [2.75, 3.05) is 39.3 Å². The lowest BCUT2D eigenvalue weighted by Gasteiger charge is -2.46. The van der Waals surface area contributed by atoms with Gasteiger partial charge in [0.05, 0.1) is 19.1 Å². The molecule has 2 amide bonds. The van der Waals surface area contributed by atoms with Gasteiger partial charge in [0.15, 0.2) is 0 Å². The molecular weight excluding hydrogens is 612 g/mol. The van der Waals surface area contributed by atoms with Crippen molar-refractivity contribution >= 4 is 12.0 Å². The topological polar surface area (TPSA) is 68.4 Å². The number of alkyl carbamates (subject to hydrolysis) is 1. The number of hydrogen-bond donors (Lipinski definition) is 1. The maximum atomic E-state index is 15.0. The van der Waals surface area contributed by atoms with Gasteiger partial charge in [-0.1, -0.05) is 73.3 Å². The summed E-state index contributed by atoms with van der Waals surface area (Å²) in [5.41, 5.74) is 2.20. The van der Waals surface area contributed by atoms with E-state index in [2.05, 4.69) is 33.8 Å². The Labute approximate surface area is 282 Å². The number of nitrogens with zero attached hydrogens (tertiary/aromatic N) is 4. The summed E-state index contributed by atoms with van der Waals surface area (Å²) in [5.74, 6) is -1.38. The highest BCUT2D eigenvalue weighted by atomic mass is 19.1. The Morgan fingerprint density at radius 1 is 0.896 bits per heavy atom. The lowest BCUT2D eigenvalue weighted by Crippen LogP contribution is -2.54. The summed E-state index contributed by atoms with van der Waals surface area (Å²) in [6.45, 7) is 14.9. The van der Waals surface area contributed by atoms with E-state index in [0.717, 1.165) is 31.6 Å². The van der Waals surface area contributed by atoms with Crippen LogP contribution in [0.1, 0.15) is 50.4 Å². The minimum atomic E-state index is -0.729. The summed E-state index contributed by atoms with van der Waals surface area (Å²) in [7, 11) is 0. The van der Waals surface area contributed by atoms with Gasteiger partial charge in [0.25, 0.3) is 5.91 Å². The van der Waals surface area contributed by atoms with Crippen molar-refractivity contribution in [3.05, 3.63) is 131 Å². The van der Waals surface area contributed by atoms with E-state index in [4.69, 9.17) is 4.74 Å². The Morgan fingerprint density at radius 2 is 1.50 bits per heavy atom. The molecule has 0 radical (unpaired) electrons. The zero-order valence-electron chi connectivity index (χ0n) is 28.2. The van der Waals surface area contributed by atoms with Crippen molar-refractivity contribution in [3.8, 4) is 0 Å². The predicted molar refractivity (Wildman–Crippen MR) is 182 cm³/mol. The quantitative estimate of drug-likeness (QED) is 0.271. The van der Waals surface area contributed by atoms with Gasteiger partial charge < -0.3 is 19.9 Å². The van der Waals surface area contributed by atoms with Crippen LogP contribution in [0.2, 0.25) is 0 Å². The SMILES string of the molecule is C=C1N(C[C@H](NC(=O)OC(C)(C)C)c2ccccc2)C(=O)C(N2CCN(CCc3ccccc3)CC2)=C(C)N1Cc1c(F)cccc1F. The normalized spacial score (nSPS) is 16.8. The second-order valence-electron chi connectivity index (χ2n) is 13.2. The predicted octanol–water partition coefficient (Wildman–Crippen LogP) is 6.44. The molecule has 3 aromatic rings. The lowest BCUT2D eigenvalue weighted by molar-refractivity contribution is -0.130. The van der Waals surface area contributed by atoms with Gasteiger partial charge in [-0.05, 0) is 57.4 Å². The Kier molecular flexibility index (Phi) is 10.8. The second kappa shape index (κ2) is 15.0. The smallest absolute Gasteiger partial charge is 0.408 e. The van der Waals surface area contributed by atoms with Crippen LogP contribution in [0, 0.1) is 11.6 Å². The summed E-state index contributed by atoms with van der Waals surface area (Å²) in [4.78, 5) is 35.1. The zero-order chi connectivity index (χ0) is 34.4. The average molecular weight is 658 g/mol. The van der Waals surface area contributed by atoms with Gasteiger partial charge in [0.1, 0.15) is 28.8 Å². The highest BCUT2D eigenvalue weighted by Gasteiger charge is 2.39. The maximum absolute atomic E-state index is 15.0. The van der Waals surface area contributed by atoms with E-state index in [-0.39, 0.29) is 30.4 Å². The van der Waals surface area contributed by atoms with Crippen LogP contribution in [-0.4, -0.2) is 76.5 Å². The summed E-state index contributed by atoms with van der Waals surface area (Å²) >= 11 is 0. The van der Waals surface area contributed by atoms with Crippen LogP contribution in [0.15, 0.2) is 103 Å². The molecule has 48 heavy (non-hydrogen) atoms. The van der Waals surface area contributed by atoms with Crippen molar-refractivity contribution in [1.82, 2.24) is 24.9 Å². The van der Waals surface area contributed by atoms with E-state index >= 15 is 0 Å². The third-order valence-corrected chi connectivity index (χ3v) is 8.70. The number of nitrogens with one attached hydrogen (secondary N) is 1. The van der Waals surface area contributed by atoms with Crippen LogP contribution in [0.25, 0.3) is 0 Å². The Bertz CT molecular complexity index is 1610. The summed E-state index contributed by atoms with van der Waals surface area (Å²) < 4.78 is 35.5. The molecule has 0 saturated carbocycles. The van der Waals surface area contributed by atoms with E-state index in [1.165, 1.54) is 28.7 Å². The molecule has 2 heterocycles. The minimum Gasteiger partial charge on any atom is -0.444 e. The Hall–Kier alpha value is -4.70. The minimum absolute atomic E-state index is 0.0188. The largest absolute Gasteiger partial charge is 0.444 e. The third kappa shape index (κ3) is 8.41. The van der Waals surface area contributed by atoms with E-state index in [1.807, 2.05) is 48.5 Å². The summed E-state index contributed by atoms with van der Waals surface area (Å²) in [6.07, 6.45) is 0.304. The molecule has 3 aromatic carbocycles. The van der Waals surface area contributed by atoms with Crippen LogP contribution < -0.4 is 5.32 Å². The average Bonchev–Trinajstić information content (AvgIpc) is 3.05. The van der Waals surface area contributed by atoms with Crippen molar-refractivity contribution in [2.24, 2.45) is 0 Å².